The molecule has 0 aliphatic heterocycles. The van der Waals surface area contributed by atoms with Gasteiger partial charge in [0.15, 0.2) is 11.9 Å². The molecular weight excluding hydrogens is 276 g/mol. The highest BCUT2D eigenvalue weighted by Gasteiger charge is 2.27. The number of aliphatic carboxylic acids is 1. The van der Waals surface area contributed by atoms with Gasteiger partial charge in [-0.05, 0) is 25.3 Å². The second kappa shape index (κ2) is 6.09. The van der Waals surface area contributed by atoms with Crippen LogP contribution in [0.1, 0.15) is 44.9 Å². The van der Waals surface area contributed by atoms with Crippen molar-refractivity contribution < 1.29 is 24.2 Å². The zero-order valence-electron chi connectivity index (χ0n) is 12.0. The van der Waals surface area contributed by atoms with Crippen molar-refractivity contribution in [3.05, 3.63) is 22.5 Å². The zero-order chi connectivity index (χ0) is 15.6. The number of rotatable bonds is 5. The first-order valence-electron chi connectivity index (χ1n) is 6.74. The zero-order valence-corrected chi connectivity index (χ0v) is 12.0. The number of methoxy groups -OCH3 is 1. The largest absolute Gasteiger partial charge is 0.479 e. The van der Waals surface area contributed by atoms with Crippen molar-refractivity contribution in [3.63, 3.8) is 0 Å². The van der Waals surface area contributed by atoms with E-state index < -0.39 is 18.0 Å². The van der Waals surface area contributed by atoms with E-state index in [-0.39, 0.29) is 12.3 Å². The third-order valence-corrected chi connectivity index (χ3v) is 3.67. The van der Waals surface area contributed by atoms with E-state index in [1.54, 1.807) is 6.92 Å². The number of hydrogen-bond acceptors (Lipinski definition) is 4. The summed E-state index contributed by atoms with van der Waals surface area (Å²) in [6.45, 7) is 1.58. The van der Waals surface area contributed by atoms with Gasteiger partial charge in [-0.1, -0.05) is 0 Å². The van der Waals surface area contributed by atoms with Crippen LogP contribution in [0.15, 0.2) is 0 Å². The fourth-order valence-corrected chi connectivity index (χ4v) is 2.55. The van der Waals surface area contributed by atoms with Crippen molar-refractivity contribution in [1.82, 2.24) is 10.3 Å². The number of fused-ring (bicyclic) bond motifs is 1. The molecule has 1 atom stereocenters. The molecule has 1 unspecified atom stereocenters. The van der Waals surface area contributed by atoms with Crippen LogP contribution in [0.3, 0.4) is 0 Å². The van der Waals surface area contributed by atoms with Crippen molar-refractivity contribution in [3.8, 4) is 0 Å². The molecule has 0 fully saturated rings. The Morgan fingerprint density at radius 3 is 2.71 bits per heavy atom. The van der Waals surface area contributed by atoms with Crippen LogP contribution in [0.5, 0.6) is 0 Å². The standard InChI is InChI=1S/C14H18N2O5/c1-7-11-8(4-3-5-9(11)17)16-12(7)13(18)15-6-10(21-2)14(19)20/h10,16H,3-6H2,1-2H3,(H,15,18)(H,19,20). The average molecular weight is 294 g/mol. The molecule has 21 heavy (non-hydrogen) atoms. The molecule has 0 bridgehead atoms. The average Bonchev–Trinajstić information content (AvgIpc) is 2.77. The maximum atomic E-state index is 12.1. The van der Waals surface area contributed by atoms with Crippen LogP contribution in [0, 0.1) is 6.92 Å². The molecule has 0 spiro atoms. The molecule has 2 rings (SSSR count). The molecule has 1 aromatic heterocycles. The lowest BCUT2D eigenvalue weighted by Crippen LogP contribution is -2.38. The van der Waals surface area contributed by atoms with E-state index in [1.165, 1.54) is 7.11 Å². The molecule has 7 heteroatoms. The first-order chi connectivity index (χ1) is 9.95. The summed E-state index contributed by atoms with van der Waals surface area (Å²) in [7, 11) is 1.27. The topological polar surface area (TPSA) is 108 Å². The molecule has 0 radical (unpaired) electrons. The number of Topliss-reactive ketones (excluding diaryl/α,β-unsaturated/α-hetero) is 1. The Bertz CT molecular complexity index is 590. The number of ketones is 1. The van der Waals surface area contributed by atoms with E-state index in [4.69, 9.17) is 9.84 Å². The van der Waals surface area contributed by atoms with Crippen LogP contribution in [-0.2, 0) is 16.0 Å². The molecule has 1 aliphatic carbocycles. The number of H-pyrrole nitrogens is 1. The van der Waals surface area contributed by atoms with E-state index in [1.807, 2.05) is 0 Å². The third-order valence-electron chi connectivity index (χ3n) is 3.67. The van der Waals surface area contributed by atoms with E-state index >= 15 is 0 Å². The predicted molar refractivity (Wildman–Crippen MR) is 73.6 cm³/mol. The fraction of sp³-hybridized carbons (Fsp3) is 0.500. The van der Waals surface area contributed by atoms with E-state index in [0.717, 1.165) is 18.5 Å². The minimum absolute atomic E-state index is 0.0457. The fourth-order valence-electron chi connectivity index (χ4n) is 2.55. The van der Waals surface area contributed by atoms with Crippen molar-refractivity contribution >= 4 is 17.7 Å². The number of hydrogen-bond donors (Lipinski definition) is 3. The smallest absolute Gasteiger partial charge is 0.334 e. The van der Waals surface area contributed by atoms with Crippen molar-refractivity contribution in [2.75, 3.05) is 13.7 Å². The van der Waals surface area contributed by atoms with Crippen LogP contribution in [0.25, 0.3) is 0 Å². The molecule has 0 aromatic carbocycles. The van der Waals surface area contributed by atoms with Crippen molar-refractivity contribution in [1.29, 1.82) is 0 Å². The van der Waals surface area contributed by atoms with Gasteiger partial charge in [0.2, 0.25) is 0 Å². The summed E-state index contributed by atoms with van der Waals surface area (Å²) in [5.41, 5.74) is 2.33. The molecule has 7 nitrogen and oxygen atoms in total. The second-order valence-electron chi connectivity index (χ2n) is 5.03. The van der Waals surface area contributed by atoms with Crippen LogP contribution in [-0.4, -0.2) is 47.5 Å². The highest BCUT2D eigenvalue weighted by Crippen LogP contribution is 2.26. The SMILES string of the molecule is COC(CNC(=O)c1[nH]c2c(c1C)C(=O)CCC2)C(=O)O. The predicted octanol–water partition coefficient (Wildman–Crippen LogP) is 0.672. The molecule has 1 aromatic rings. The van der Waals surface area contributed by atoms with E-state index in [9.17, 15) is 14.4 Å². The first kappa shape index (κ1) is 15.2. The monoisotopic (exact) mass is 294 g/mol. The summed E-state index contributed by atoms with van der Waals surface area (Å²) in [6.07, 6.45) is 0.917. The number of amides is 1. The van der Waals surface area contributed by atoms with Gasteiger partial charge in [-0.2, -0.15) is 0 Å². The maximum absolute atomic E-state index is 12.1. The maximum Gasteiger partial charge on any atom is 0.334 e. The normalized spacial score (nSPS) is 15.4. The summed E-state index contributed by atoms with van der Waals surface area (Å²) in [5.74, 6) is -1.53. The number of carbonyl (C=O) groups is 3. The molecular formula is C14H18N2O5. The lowest BCUT2D eigenvalue weighted by atomic mass is 9.94. The van der Waals surface area contributed by atoms with Crippen LogP contribution in [0.2, 0.25) is 0 Å². The number of aromatic amines is 1. The van der Waals surface area contributed by atoms with Gasteiger partial charge in [0.05, 0.1) is 6.54 Å². The summed E-state index contributed by atoms with van der Waals surface area (Å²) in [5, 5.41) is 11.4. The number of nitrogens with one attached hydrogen (secondary N) is 2. The van der Waals surface area contributed by atoms with Crippen LogP contribution >= 0.6 is 0 Å². The van der Waals surface area contributed by atoms with Gasteiger partial charge >= 0.3 is 5.97 Å². The van der Waals surface area contributed by atoms with Gasteiger partial charge in [-0.3, -0.25) is 9.59 Å². The number of carboxylic acid groups (broad SMARTS) is 1. The molecule has 1 amide bonds. The third kappa shape index (κ3) is 2.97. The number of ether oxygens (including phenoxy) is 1. The molecule has 3 N–H and O–H groups in total. The molecule has 1 aliphatic rings. The van der Waals surface area contributed by atoms with Gasteiger partial charge in [-0.15, -0.1) is 0 Å². The lowest BCUT2D eigenvalue weighted by molar-refractivity contribution is -0.148. The summed E-state index contributed by atoms with van der Waals surface area (Å²) >= 11 is 0. The van der Waals surface area contributed by atoms with Crippen molar-refractivity contribution in [2.24, 2.45) is 0 Å². The highest BCUT2D eigenvalue weighted by molar-refractivity contribution is 6.04. The highest BCUT2D eigenvalue weighted by atomic mass is 16.5. The number of carboxylic acids is 1. The number of carbonyl (C=O) groups excluding carboxylic acids is 2. The number of aromatic nitrogens is 1. The van der Waals surface area contributed by atoms with E-state index in [0.29, 0.717) is 23.2 Å². The molecule has 0 saturated heterocycles. The number of aryl methyl sites for hydroxylation is 1. The van der Waals surface area contributed by atoms with E-state index in [2.05, 4.69) is 10.3 Å². The lowest BCUT2D eigenvalue weighted by Gasteiger charge is -2.11. The van der Waals surface area contributed by atoms with Gasteiger partial charge < -0.3 is 20.1 Å². The first-order valence-corrected chi connectivity index (χ1v) is 6.74. The van der Waals surface area contributed by atoms with Gasteiger partial charge in [0, 0.05) is 24.8 Å². The molecule has 1 heterocycles. The Morgan fingerprint density at radius 2 is 2.14 bits per heavy atom. The minimum atomic E-state index is -1.14. The second-order valence-corrected chi connectivity index (χ2v) is 5.03. The Labute approximate surface area is 121 Å². The quantitative estimate of drug-likeness (QED) is 0.739. The Morgan fingerprint density at radius 1 is 1.43 bits per heavy atom. The molecule has 0 saturated carbocycles. The van der Waals surface area contributed by atoms with Crippen LogP contribution in [0.4, 0.5) is 0 Å². The summed E-state index contributed by atoms with van der Waals surface area (Å²) in [6, 6.07) is 0. The minimum Gasteiger partial charge on any atom is -0.479 e. The summed E-state index contributed by atoms with van der Waals surface area (Å²) in [4.78, 5) is 37.8. The summed E-state index contributed by atoms with van der Waals surface area (Å²) < 4.78 is 4.75. The van der Waals surface area contributed by atoms with Gasteiger partial charge in [-0.25, -0.2) is 4.79 Å². The van der Waals surface area contributed by atoms with Crippen molar-refractivity contribution in [2.45, 2.75) is 32.3 Å². The Hall–Kier alpha value is -2.15. The van der Waals surface area contributed by atoms with Crippen LogP contribution < -0.4 is 5.32 Å². The van der Waals surface area contributed by atoms with Gasteiger partial charge in [0.25, 0.3) is 5.91 Å². The molecule has 114 valence electrons. The van der Waals surface area contributed by atoms with Gasteiger partial charge in [0.1, 0.15) is 5.69 Å². The Balaban J connectivity index is 2.14. The Kier molecular flexibility index (Phi) is 4.42.